The zero-order valence-corrected chi connectivity index (χ0v) is 24.4. The second-order valence-electron chi connectivity index (χ2n) is 9.80. The van der Waals surface area contributed by atoms with Gasteiger partial charge in [0.05, 0.1) is 18.3 Å². The minimum absolute atomic E-state index is 0.0180. The minimum Gasteiger partial charge on any atom is -0.495 e. The lowest BCUT2D eigenvalue weighted by molar-refractivity contribution is -0.384. The highest BCUT2D eigenvalue weighted by Gasteiger charge is 2.34. The lowest BCUT2D eigenvalue weighted by atomic mass is 9.95. The summed E-state index contributed by atoms with van der Waals surface area (Å²) in [6.45, 7) is 1.11. The standard InChI is InChI=1S/C27H35ClN4O7S/c1-4-23(27(34)29-21-8-6-5-7-9-21)30(17-19-10-12-20(28)13-11-19)26(33)18-31(40(3,37)38)24-16-22(32(35)36)14-15-25(24)39-2/h10-16,21,23H,4-9,17-18H2,1-3H3,(H,29,34)/t23-/m0/s1. The summed E-state index contributed by atoms with van der Waals surface area (Å²) in [5, 5.41) is 15.0. The van der Waals surface area contributed by atoms with Crippen molar-refractivity contribution in [3.8, 4) is 5.75 Å². The maximum atomic E-state index is 13.9. The Labute approximate surface area is 239 Å². The van der Waals surface area contributed by atoms with Crippen molar-refractivity contribution in [1.29, 1.82) is 0 Å². The minimum atomic E-state index is -4.11. The van der Waals surface area contributed by atoms with Crippen molar-refractivity contribution in [2.24, 2.45) is 0 Å². The van der Waals surface area contributed by atoms with Crippen LogP contribution in [-0.2, 0) is 26.2 Å². The first-order chi connectivity index (χ1) is 18.9. The van der Waals surface area contributed by atoms with Crippen LogP contribution in [-0.4, -0.2) is 62.0 Å². The van der Waals surface area contributed by atoms with Crippen molar-refractivity contribution >= 4 is 44.8 Å². The summed E-state index contributed by atoms with van der Waals surface area (Å²) in [4.78, 5) is 39.5. The van der Waals surface area contributed by atoms with Crippen molar-refractivity contribution in [2.75, 3.05) is 24.2 Å². The van der Waals surface area contributed by atoms with E-state index in [0.717, 1.165) is 48.7 Å². The van der Waals surface area contributed by atoms with Crippen LogP contribution in [0.5, 0.6) is 5.75 Å². The number of halogens is 1. The summed E-state index contributed by atoms with van der Waals surface area (Å²) < 4.78 is 31.8. The Morgan fingerprint density at radius 2 is 1.80 bits per heavy atom. The molecule has 0 aliphatic heterocycles. The van der Waals surface area contributed by atoms with Gasteiger partial charge in [-0.05, 0) is 43.0 Å². The van der Waals surface area contributed by atoms with E-state index in [-0.39, 0.29) is 42.0 Å². The molecule has 1 atom stereocenters. The Morgan fingerprint density at radius 1 is 1.15 bits per heavy atom. The monoisotopic (exact) mass is 594 g/mol. The zero-order valence-electron chi connectivity index (χ0n) is 22.8. The number of ether oxygens (including phenoxy) is 1. The van der Waals surface area contributed by atoms with Crippen molar-refractivity contribution in [3.63, 3.8) is 0 Å². The summed E-state index contributed by atoms with van der Waals surface area (Å²) in [6.07, 6.45) is 6.07. The molecule has 0 bridgehead atoms. The van der Waals surface area contributed by atoms with E-state index in [1.807, 2.05) is 0 Å². The fourth-order valence-electron chi connectivity index (χ4n) is 4.83. The Bertz CT molecular complexity index is 1310. The van der Waals surface area contributed by atoms with E-state index in [1.54, 1.807) is 31.2 Å². The Morgan fingerprint density at radius 3 is 2.35 bits per heavy atom. The number of nitro benzene ring substituents is 1. The fourth-order valence-corrected chi connectivity index (χ4v) is 5.80. The van der Waals surface area contributed by atoms with Gasteiger partial charge in [0, 0.05) is 29.7 Å². The van der Waals surface area contributed by atoms with Gasteiger partial charge < -0.3 is 15.0 Å². The summed E-state index contributed by atoms with van der Waals surface area (Å²) >= 11 is 6.03. The van der Waals surface area contributed by atoms with E-state index in [2.05, 4.69) is 5.32 Å². The molecule has 1 N–H and O–H groups in total. The molecule has 218 valence electrons. The Kier molecular flexibility index (Phi) is 10.7. The number of hydrogen-bond donors (Lipinski definition) is 1. The summed E-state index contributed by atoms with van der Waals surface area (Å²) in [5.74, 6) is -0.926. The van der Waals surface area contributed by atoms with E-state index in [9.17, 15) is 28.1 Å². The number of amides is 2. The van der Waals surface area contributed by atoms with Crippen molar-refractivity contribution in [3.05, 3.63) is 63.2 Å². The van der Waals surface area contributed by atoms with E-state index in [1.165, 1.54) is 24.1 Å². The number of non-ortho nitro benzene ring substituents is 1. The number of carbonyl (C=O) groups excluding carboxylic acids is 2. The van der Waals surface area contributed by atoms with Gasteiger partial charge in [-0.25, -0.2) is 8.42 Å². The highest BCUT2D eigenvalue weighted by molar-refractivity contribution is 7.92. The predicted molar refractivity (Wildman–Crippen MR) is 153 cm³/mol. The maximum Gasteiger partial charge on any atom is 0.271 e. The number of hydrogen-bond acceptors (Lipinski definition) is 7. The third kappa shape index (κ3) is 8.07. The summed E-state index contributed by atoms with van der Waals surface area (Å²) in [5.41, 5.74) is 0.174. The van der Waals surface area contributed by atoms with Crippen molar-refractivity contribution in [2.45, 2.75) is 64.1 Å². The van der Waals surface area contributed by atoms with Gasteiger partial charge in [-0.15, -0.1) is 0 Å². The summed E-state index contributed by atoms with van der Waals surface area (Å²) in [7, 11) is -2.82. The Balaban J connectivity index is 1.99. The molecule has 40 heavy (non-hydrogen) atoms. The number of carbonyl (C=O) groups is 2. The topological polar surface area (TPSA) is 139 Å². The quantitative estimate of drug-likeness (QED) is 0.286. The first-order valence-corrected chi connectivity index (χ1v) is 15.3. The van der Waals surface area contributed by atoms with E-state index in [0.29, 0.717) is 10.6 Å². The van der Waals surface area contributed by atoms with Gasteiger partial charge in [0.2, 0.25) is 21.8 Å². The van der Waals surface area contributed by atoms with Crippen LogP contribution >= 0.6 is 11.6 Å². The van der Waals surface area contributed by atoms with Crippen LogP contribution in [0.3, 0.4) is 0 Å². The molecular formula is C27H35ClN4O7S. The fraction of sp³-hybridized carbons (Fsp3) is 0.481. The van der Waals surface area contributed by atoms with E-state index in [4.69, 9.17) is 16.3 Å². The number of nitro groups is 1. The maximum absolute atomic E-state index is 13.9. The molecule has 1 aliphatic rings. The number of nitrogens with zero attached hydrogens (tertiary/aromatic N) is 3. The van der Waals surface area contributed by atoms with Crippen LogP contribution < -0.4 is 14.4 Å². The molecule has 0 aromatic heterocycles. The molecule has 13 heteroatoms. The van der Waals surface area contributed by atoms with Gasteiger partial charge in [-0.3, -0.25) is 24.0 Å². The molecule has 1 fully saturated rings. The lowest BCUT2D eigenvalue weighted by Crippen LogP contribution is -2.54. The molecule has 1 aliphatic carbocycles. The number of sulfonamides is 1. The second-order valence-corrected chi connectivity index (χ2v) is 12.1. The molecule has 2 aromatic carbocycles. The molecule has 2 aromatic rings. The number of nitrogens with one attached hydrogen (secondary N) is 1. The lowest BCUT2D eigenvalue weighted by Gasteiger charge is -2.34. The first kappa shape index (κ1) is 31.2. The normalized spacial score (nSPS) is 14.7. The molecule has 0 spiro atoms. The molecule has 11 nitrogen and oxygen atoms in total. The SMILES string of the molecule is CC[C@@H](C(=O)NC1CCCCC1)N(Cc1ccc(Cl)cc1)C(=O)CN(c1cc([N+](=O)[O-])ccc1OC)S(C)(=O)=O. The third-order valence-corrected chi connectivity index (χ3v) is 8.30. The van der Waals surface area contributed by atoms with Gasteiger partial charge in [-0.1, -0.05) is 49.9 Å². The molecule has 3 rings (SSSR count). The van der Waals surface area contributed by atoms with Gasteiger partial charge in [0.1, 0.15) is 24.0 Å². The summed E-state index contributed by atoms with van der Waals surface area (Å²) in [6, 6.07) is 9.43. The number of rotatable bonds is 12. The van der Waals surface area contributed by atoms with Crippen LogP contribution in [0.25, 0.3) is 0 Å². The average Bonchev–Trinajstić information content (AvgIpc) is 2.92. The molecule has 0 heterocycles. The van der Waals surface area contributed by atoms with Crippen LogP contribution in [0.2, 0.25) is 5.02 Å². The largest absolute Gasteiger partial charge is 0.495 e. The van der Waals surface area contributed by atoms with Gasteiger partial charge in [0.15, 0.2) is 0 Å². The van der Waals surface area contributed by atoms with E-state index < -0.39 is 33.4 Å². The number of methoxy groups -OCH3 is 1. The van der Waals surface area contributed by atoms with Crippen LogP contribution in [0.15, 0.2) is 42.5 Å². The smallest absolute Gasteiger partial charge is 0.271 e. The van der Waals surface area contributed by atoms with Crippen LogP contribution in [0.1, 0.15) is 51.0 Å². The van der Waals surface area contributed by atoms with Gasteiger partial charge in [0.25, 0.3) is 5.69 Å². The third-order valence-electron chi connectivity index (χ3n) is 6.92. The molecular weight excluding hydrogens is 560 g/mol. The van der Waals surface area contributed by atoms with Crippen molar-refractivity contribution < 1.29 is 27.7 Å². The highest BCUT2D eigenvalue weighted by Crippen LogP contribution is 2.34. The molecule has 0 unspecified atom stereocenters. The van der Waals surface area contributed by atoms with E-state index >= 15 is 0 Å². The molecule has 2 amide bonds. The second kappa shape index (κ2) is 13.8. The zero-order chi connectivity index (χ0) is 29.4. The first-order valence-electron chi connectivity index (χ1n) is 13.1. The Hall–Kier alpha value is -3.38. The molecule has 1 saturated carbocycles. The highest BCUT2D eigenvalue weighted by atomic mass is 35.5. The van der Waals surface area contributed by atoms with Crippen LogP contribution in [0.4, 0.5) is 11.4 Å². The predicted octanol–water partition coefficient (Wildman–Crippen LogP) is 4.28. The van der Waals surface area contributed by atoms with Gasteiger partial charge in [-0.2, -0.15) is 0 Å². The number of benzene rings is 2. The van der Waals surface area contributed by atoms with Crippen molar-refractivity contribution in [1.82, 2.24) is 10.2 Å². The number of anilines is 1. The molecule has 0 saturated heterocycles. The molecule has 0 radical (unpaired) electrons. The average molecular weight is 595 g/mol. The van der Waals surface area contributed by atoms with Gasteiger partial charge >= 0.3 is 0 Å². The van der Waals surface area contributed by atoms with Crippen LogP contribution in [0, 0.1) is 10.1 Å².